The summed E-state index contributed by atoms with van der Waals surface area (Å²) in [6.45, 7) is 3.14. The molecule has 12 heavy (non-hydrogen) atoms. The molecule has 0 aromatic heterocycles. The van der Waals surface area contributed by atoms with Crippen LogP contribution in [0.4, 0.5) is 0 Å². The van der Waals surface area contributed by atoms with Crippen molar-refractivity contribution in [3.63, 3.8) is 0 Å². The van der Waals surface area contributed by atoms with Crippen LogP contribution in [-0.2, 0) is 6.54 Å². The number of quaternary nitrogens is 1. The number of rotatable bonds is 0. The maximum atomic E-state index is 6.11. The van der Waals surface area contributed by atoms with Crippen LogP contribution in [0.3, 0.4) is 0 Å². The zero-order valence-electron chi connectivity index (χ0n) is 7.62. The average molecular weight is 158 g/mol. The van der Waals surface area contributed by atoms with Gasteiger partial charge >= 0.3 is 0 Å². The Hall–Kier alpha value is -0.755. The third-order valence-electron chi connectivity index (χ3n) is 2.90. The lowest BCUT2D eigenvalue weighted by molar-refractivity contribution is -0.833. The molecule has 0 bridgehead atoms. The number of nitrogens with zero attached hydrogens (tertiary/aromatic N) is 1. The lowest BCUT2D eigenvalue weighted by Crippen LogP contribution is -2.37. The zero-order valence-corrected chi connectivity index (χ0v) is 7.62. The lowest BCUT2D eigenvalue weighted by atomic mass is 10.1. The molecule has 1 heterocycles. The van der Waals surface area contributed by atoms with Gasteiger partial charge in [-0.05, 0) is 6.92 Å². The Labute approximate surface area is 75.0 Å². The van der Waals surface area contributed by atoms with Gasteiger partial charge in [0.25, 0.3) is 0 Å². The molecule has 2 heteroatoms. The topological polar surface area (TPSA) is 0 Å². The second-order valence-corrected chi connectivity index (χ2v) is 3.88. The van der Waals surface area contributed by atoms with Crippen LogP contribution < -0.4 is 0 Å². The molecule has 0 spiro atoms. The van der Waals surface area contributed by atoms with Crippen molar-refractivity contribution in [2.24, 2.45) is 0 Å². The fraction of sp³-hybridized carbons (Fsp3) is 0.400. The van der Waals surface area contributed by atoms with E-state index in [0.717, 1.165) is 6.54 Å². The molecule has 0 N–H and O–H groups in total. The van der Waals surface area contributed by atoms with E-state index in [0.29, 0.717) is 10.4 Å². The minimum atomic E-state index is 0.432. The number of benzene rings is 1. The molecule has 1 aromatic carbocycles. The Morgan fingerprint density at radius 3 is 2.75 bits per heavy atom. The molecule has 2 atom stereocenters. The molecule has 0 saturated heterocycles. The Morgan fingerprint density at radius 1 is 1.42 bits per heavy atom. The first-order valence-electron chi connectivity index (χ1n) is 4.33. The van der Waals surface area contributed by atoms with E-state index in [1.165, 1.54) is 11.1 Å². The van der Waals surface area contributed by atoms with Gasteiger partial charge in [0.1, 0.15) is 0 Å². The van der Waals surface area contributed by atoms with Crippen molar-refractivity contribution in [1.82, 2.24) is 0 Å². The van der Waals surface area contributed by atoms with Gasteiger partial charge in [0, 0.05) is 18.2 Å². The fourth-order valence-electron chi connectivity index (χ4n) is 1.91. The Bertz CT molecular complexity index is 306. The summed E-state index contributed by atoms with van der Waals surface area (Å²) >= 11 is 0. The second-order valence-electron chi connectivity index (χ2n) is 3.88. The third-order valence-corrected chi connectivity index (χ3v) is 2.90. The van der Waals surface area contributed by atoms with Gasteiger partial charge < -0.3 is 4.39 Å². The van der Waals surface area contributed by atoms with Crippen LogP contribution in [0.2, 0.25) is 0 Å². The summed E-state index contributed by atoms with van der Waals surface area (Å²) in [7, 11) is 8.18. The van der Waals surface area contributed by atoms with Crippen LogP contribution in [0.1, 0.15) is 24.1 Å². The second kappa shape index (κ2) is 2.36. The minimum absolute atomic E-state index is 0.432. The molecule has 0 amide bonds. The average Bonchev–Trinajstić information content (AvgIpc) is 2.24. The van der Waals surface area contributed by atoms with Gasteiger partial charge in [-0.2, -0.15) is 0 Å². The van der Waals surface area contributed by atoms with Crippen molar-refractivity contribution < 1.29 is 4.39 Å². The predicted molar refractivity (Wildman–Crippen MR) is 50.5 cm³/mol. The highest BCUT2D eigenvalue weighted by atomic mass is 15.3. The van der Waals surface area contributed by atoms with Crippen LogP contribution in [0.25, 0.3) is 0 Å². The molecule has 0 unspecified atom stereocenters. The molecular weight excluding hydrogens is 145 g/mol. The van der Waals surface area contributed by atoms with Gasteiger partial charge in [-0.15, -0.1) is 0 Å². The van der Waals surface area contributed by atoms with E-state index >= 15 is 0 Å². The summed E-state index contributed by atoms with van der Waals surface area (Å²) in [5.74, 6) is 0. The molecule has 3 radical (unpaired) electrons. The van der Waals surface area contributed by atoms with E-state index in [9.17, 15) is 0 Å². The maximum absolute atomic E-state index is 6.11. The maximum Gasteiger partial charge on any atom is 0.0660 e. The number of hydrogen-bond donors (Lipinski definition) is 0. The largest absolute Gasteiger partial charge is 0.581 e. The SMILES string of the molecule is [B-][N@+]1(C)Cc2ccccc2[C@@H]1C. The predicted octanol–water partition coefficient (Wildman–Crippen LogP) is 1.79. The summed E-state index contributed by atoms with van der Waals surface area (Å²) in [5, 5.41) is 0. The van der Waals surface area contributed by atoms with Gasteiger partial charge in [-0.1, -0.05) is 24.3 Å². The molecule has 1 aliphatic heterocycles. The van der Waals surface area contributed by atoms with E-state index in [1.807, 2.05) is 0 Å². The Morgan fingerprint density at radius 2 is 2.08 bits per heavy atom. The van der Waals surface area contributed by atoms with Crippen molar-refractivity contribution in [3.05, 3.63) is 35.4 Å². The highest BCUT2D eigenvalue weighted by Crippen LogP contribution is 2.35. The summed E-state index contributed by atoms with van der Waals surface area (Å²) in [6, 6.07) is 8.94. The summed E-state index contributed by atoms with van der Waals surface area (Å²) in [6.07, 6.45) is 0. The van der Waals surface area contributed by atoms with Crippen LogP contribution >= 0.6 is 0 Å². The lowest BCUT2D eigenvalue weighted by Gasteiger charge is -2.46. The van der Waals surface area contributed by atoms with Gasteiger partial charge in [0.2, 0.25) is 0 Å². The van der Waals surface area contributed by atoms with Crippen LogP contribution in [0, 0.1) is 0 Å². The molecule has 61 valence electrons. The molecule has 0 fully saturated rings. The zero-order chi connectivity index (χ0) is 8.77. The molecule has 1 aliphatic rings. The Balaban J connectivity index is 2.49. The van der Waals surface area contributed by atoms with Crippen molar-refractivity contribution in [2.75, 3.05) is 7.05 Å². The van der Waals surface area contributed by atoms with E-state index in [-0.39, 0.29) is 0 Å². The quantitative estimate of drug-likeness (QED) is 0.505. The molecular formula is C10H13BN. The van der Waals surface area contributed by atoms with E-state index < -0.39 is 0 Å². The summed E-state index contributed by atoms with van der Waals surface area (Å²) in [5.41, 5.74) is 2.80. The van der Waals surface area contributed by atoms with Crippen molar-refractivity contribution in [3.8, 4) is 0 Å². The van der Waals surface area contributed by atoms with Crippen molar-refractivity contribution in [1.29, 1.82) is 0 Å². The van der Waals surface area contributed by atoms with Gasteiger partial charge in [0.05, 0.1) is 12.6 Å². The van der Waals surface area contributed by atoms with Gasteiger partial charge in [0.15, 0.2) is 0 Å². The van der Waals surface area contributed by atoms with E-state index in [1.54, 1.807) is 0 Å². The Kier molecular flexibility index (Phi) is 1.55. The highest BCUT2D eigenvalue weighted by molar-refractivity contribution is 5.97. The first kappa shape index (κ1) is 7.87. The third kappa shape index (κ3) is 0.986. The standard InChI is InChI=1S/C10H13BN/c1-8-10-6-4-3-5-9(10)7-12(8,2)11/h3-6,8H,7H2,1-2H3/t8-,12+/m0/s1. The van der Waals surface area contributed by atoms with Gasteiger partial charge in [-0.25, -0.2) is 7.98 Å². The van der Waals surface area contributed by atoms with Crippen molar-refractivity contribution >= 4 is 7.98 Å². The highest BCUT2D eigenvalue weighted by Gasteiger charge is 2.26. The number of hydrogen-bond acceptors (Lipinski definition) is 0. The van der Waals surface area contributed by atoms with Crippen LogP contribution in [0.5, 0.6) is 0 Å². The first-order valence-corrected chi connectivity index (χ1v) is 4.33. The smallest absolute Gasteiger partial charge is 0.0660 e. The first-order chi connectivity index (χ1) is 5.61. The van der Waals surface area contributed by atoms with Gasteiger partial charge in [-0.3, -0.25) is 0 Å². The van der Waals surface area contributed by atoms with E-state index in [2.05, 4.69) is 38.2 Å². The fourth-order valence-corrected chi connectivity index (χ4v) is 1.91. The molecule has 1 nitrogen and oxygen atoms in total. The molecule has 2 rings (SSSR count). The summed E-state index contributed by atoms with van der Waals surface area (Å²) < 4.78 is 0.597. The number of fused-ring (bicyclic) bond motifs is 1. The monoisotopic (exact) mass is 158 g/mol. The summed E-state index contributed by atoms with van der Waals surface area (Å²) in [4.78, 5) is 0. The molecule has 1 aromatic rings. The van der Waals surface area contributed by atoms with Crippen molar-refractivity contribution in [2.45, 2.75) is 19.5 Å². The minimum Gasteiger partial charge on any atom is -0.581 e. The normalized spacial score (nSPS) is 33.4. The molecule has 0 aliphatic carbocycles. The van der Waals surface area contributed by atoms with Crippen LogP contribution in [-0.4, -0.2) is 19.4 Å². The van der Waals surface area contributed by atoms with E-state index in [4.69, 9.17) is 7.98 Å². The van der Waals surface area contributed by atoms with Crippen LogP contribution in [0.15, 0.2) is 24.3 Å². The molecule has 0 saturated carbocycles.